The van der Waals surface area contributed by atoms with Crippen LogP contribution in [0.5, 0.6) is 0 Å². The lowest BCUT2D eigenvalue weighted by Crippen LogP contribution is -2.29. The topological polar surface area (TPSA) is 104 Å². The summed E-state index contributed by atoms with van der Waals surface area (Å²) in [4.78, 5) is 41.7. The standard InChI is InChI=1S/C20H16FN3O4S/c1-9-16-12(21)4-3-5-15(16)29-17(9)19(26)28-10(2)18(25)22-11-6-7-13-14(8-11)24-20(27)23-13/h3-8,10H,1-2H3,(H,22,25)(H2,23,24,27)/t10-/m0/s1. The summed E-state index contributed by atoms with van der Waals surface area (Å²) in [6.07, 6.45) is -1.07. The van der Waals surface area contributed by atoms with E-state index in [1.807, 2.05) is 0 Å². The van der Waals surface area contributed by atoms with Crippen molar-refractivity contribution < 1.29 is 18.7 Å². The molecule has 0 radical (unpaired) electrons. The lowest BCUT2D eigenvalue weighted by atomic mass is 10.1. The van der Waals surface area contributed by atoms with Crippen molar-refractivity contribution in [1.29, 1.82) is 0 Å². The van der Waals surface area contributed by atoms with Gasteiger partial charge in [-0.15, -0.1) is 11.3 Å². The first-order valence-corrected chi connectivity index (χ1v) is 9.56. The molecule has 0 aliphatic rings. The summed E-state index contributed by atoms with van der Waals surface area (Å²) >= 11 is 1.12. The zero-order valence-corrected chi connectivity index (χ0v) is 16.3. The molecule has 0 bridgehead atoms. The molecule has 3 N–H and O–H groups in total. The van der Waals surface area contributed by atoms with Crippen molar-refractivity contribution in [3.63, 3.8) is 0 Å². The van der Waals surface area contributed by atoms with Gasteiger partial charge in [-0.25, -0.2) is 14.0 Å². The first-order valence-electron chi connectivity index (χ1n) is 8.75. The molecule has 0 spiro atoms. The molecule has 2 aromatic heterocycles. The van der Waals surface area contributed by atoms with E-state index >= 15 is 0 Å². The highest BCUT2D eigenvalue weighted by atomic mass is 32.1. The van der Waals surface area contributed by atoms with E-state index in [2.05, 4.69) is 15.3 Å². The molecule has 0 saturated carbocycles. The summed E-state index contributed by atoms with van der Waals surface area (Å²) in [5.74, 6) is -1.61. The van der Waals surface area contributed by atoms with Crippen molar-refractivity contribution in [3.05, 3.63) is 63.1 Å². The number of thiophene rings is 1. The number of rotatable bonds is 4. The van der Waals surface area contributed by atoms with Crippen molar-refractivity contribution in [3.8, 4) is 0 Å². The quantitative estimate of drug-likeness (QED) is 0.444. The van der Waals surface area contributed by atoms with Gasteiger partial charge in [-0.3, -0.25) is 4.79 Å². The van der Waals surface area contributed by atoms with E-state index in [-0.39, 0.29) is 10.6 Å². The van der Waals surface area contributed by atoms with Crippen LogP contribution in [0.15, 0.2) is 41.2 Å². The Kier molecular flexibility index (Phi) is 4.67. The molecule has 9 heteroatoms. The zero-order valence-electron chi connectivity index (χ0n) is 15.5. The van der Waals surface area contributed by atoms with E-state index in [9.17, 15) is 18.8 Å². The Bertz CT molecular complexity index is 1320. The monoisotopic (exact) mass is 413 g/mol. The van der Waals surface area contributed by atoms with Gasteiger partial charge >= 0.3 is 11.7 Å². The molecule has 1 atom stereocenters. The number of H-pyrrole nitrogens is 2. The third kappa shape index (κ3) is 3.52. The highest BCUT2D eigenvalue weighted by Crippen LogP contribution is 2.33. The lowest BCUT2D eigenvalue weighted by molar-refractivity contribution is -0.123. The number of hydrogen-bond acceptors (Lipinski definition) is 5. The first kappa shape index (κ1) is 18.9. The number of imidazole rings is 1. The van der Waals surface area contributed by atoms with Gasteiger partial charge in [0.2, 0.25) is 0 Å². The van der Waals surface area contributed by atoms with Gasteiger partial charge < -0.3 is 20.0 Å². The largest absolute Gasteiger partial charge is 0.448 e. The van der Waals surface area contributed by atoms with Crippen LogP contribution in [-0.2, 0) is 9.53 Å². The summed E-state index contributed by atoms with van der Waals surface area (Å²) in [7, 11) is 0. The Labute approximate surface area is 167 Å². The number of halogens is 1. The number of ether oxygens (including phenoxy) is 1. The summed E-state index contributed by atoms with van der Waals surface area (Å²) < 4.78 is 20.0. The maximum atomic E-state index is 14.0. The molecule has 7 nitrogen and oxygen atoms in total. The van der Waals surface area contributed by atoms with Crippen molar-refractivity contribution in [2.45, 2.75) is 20.0 Å². The molecule has 2 aromatic carbocycles. The van der Waals surface area contributed by atoms with Crippen LogP contribution >= 0.6 is 11.3 Å². The van der Waals surface area contributed by atoms with Crippen LogP contribution in [0.2, 0.25) is 0 Å². The number of aromatic amines is 2. The van der Waals surface area contributed by atoms with Crippen LogP contribution < -0.4 is 11.0 Å². The number of nitrogens with one attached hydrogen (secondary N) is 3. The summed E-state index contributed by atoms with van der Waals surface area (Å²) in [6.45, 7) is 3.10. The lowest BCUT2D eigenvalue weighted by Gasteiger charge is -2.13. The normalized spacial score (nSPS) is 12.2. The van der Waals surface area contributed by atoms with Crippen LogP contribution in [0.1, 0.15) is 22.2 Å². The number of aryl methyl sites for hydroxylation is 1. The number of aromatic nitrogens is 2. The van der Waals surface area contributed by atoms with Gasteiger partial charge in [0.05, 0.1) is 11.0 Å². The van der Waals surface area contributed by atoms with Crippen molar-refractivity contribution in [2.24, 2.45) is 0 Å². The number of anilines is 1. The minimum atomic E-state index is -1.07. The van der Waals surface area contributed by atoms with E-state index in [1.165, 1.54) is 13.0 Å². The van der Waals surface area contributed by atoms with E-state index in [0.717, 1.165) is 11.3 Å². The summed E-state index contributed by atoms with van der Waals surface area (Å²) in [5, 5.41) is 3.03. The van der Waals surface area contributed by atoms with E-state index in [1.54, 1.807) is 37.3 Å². The Balaban J connectivity index is 1.49. The molecule has 4 aromatic rings. The summed E-state index contributed by atoms with van der Waals surface area (Å²) in [6, 6.07) is 9.50. The van der Waals surface area contributed by atoms with Crippen molar-refractivity contribution in [2.75, 3.05) is 5.32 Å². The van der Waals surface area contributed by atoms with Gasteiger partial charge in [0.1, 0.15) is 10.7 Å². The molecule has 29 heavy (non-hydrogen) atoms. The van der Waals surface area contributed by atoms with Crippen LogP contribution in [0.4, 0.5) is 10.1 Å². The van der Waals surface area contributed by atoms with E-state index < -0.39 is 23.8 Å². The second-order valence-electron chi connectivity index (χ2n) is 6.55. The smallest absolute Gasteiger partial charge is 0.349 e. The zero-order chi connectivity index (χ0) is 20.7. The number of carbonyl (C=O) groups is 2. The predicted octanol–water partition coefficient (Wildman–Crippen LogP) is 3.70. The fraction of sp³-hybridized carbons (Fsp3) is 0.150. The molecule has 4 rings (SSSR count). The molecule has 148 valence electrons. The highest BCUT2D eigenvalue weighted by molar-refractivity contribution is 7.21. The Hall–Kier alpha value is -3.46. The van der Waals surface area contributed by atoms with E-state index in [0.29, 0.717) is 32.4 Å². The number of esters is 1. The minimum absolute atomic E-state index is 0.260. The number of hydrogen-bond donors (Lipinski definition) is 3. The molecule has 0 saturated heterocycles. The average molecular weight is 413 g/mol. The van der Waals surface area contributed by atoms with Crippen molar-refractivity contribution in [1.82, 2.24) is 9.97 Å². The predicted molar refractivity (Wildman–Crippen MR) is 109 cm³/mol. The van der Waals surface area contributed by atoms with Gasteiger partial charge in [0.25, 0.3) is 5.91 Å². The fourth-order valence-corrected chi connectivity index (χ4v) is 4.18. The van der Waals surface area contributed by atoms with Gasteiger partial charge in [-0.2, -0.15) is 0 Å². The average Bonchev–Trinajstić information content (AvgIpc) is 3.21. The van der Waals surface area contributed by atoms with Crippen LogP contribution in [0.3, 0.4) is 0 Å². The number of amides is 1. The third-order valence-electron chi connectivity index (χ3n) is 4.52. The first-order chi connectivity index (χ1) is 13.8. The number of fused-ring (bicyclic) bond motifs is 2. The Morgan fingerprint density at radius 2 is 1.93 bits per heavy atom. The van der Waals surface area contributed by atoms with Gasteiger partial charge in [-0.1, -0.05) is 6.07 Å². The molecular weight excluding hydrogens is 397 g/mol. The van der Waals surface area contributed by atoms with Crippen LogP contribution in [0.25, 0.3) is 21.1 Å². The van der Waals surface area contributed by atoms with Gasteiger partial charge in [-0.05, 0) is 49.7 Å². The van der Waals surface area contributed by atoms with Gasteiger partial charge in [0, 0.05) is 15.8 Å². The highest BCUT2D eigenvalue weighted by Gasteiger charge is 2.23. The molecule has 0 unspecified atom stereocenters. The minimum Gasteiger partial charge on any atom is -0.448 e. The molecule has 0 fully saturated rings. The molecule has 0 aliphatic carbocycles. The van der Waals surface area contributed by atoms with Crippen LogP contribution in [-0.4, -0.2) is 27.9 Å². The number of benzene rings is 2. The molecule has 2 heterocycles. The maximum absolute atomic E-state index is 14.0. The van der Waals surface area contributed by atoms with Crippen LogP contribution in [0, 0.1) is 12.7 Å². The third-order valence-corrected chi connectivity index (χ3v) is 5.76. The molecular formula is C20H16FN3O4S. The Morgan fingerprint density at radius 3 is 2.69 bits per heavy atom. The molecule has 0 aliphatic heterocycles. The SMILES string of the molecule is Cc1c(C(=O)O[C@@H](C)C(=O)Nc2ccc3[nH]c(=O)[nH]c3c2)sc2cccc(F)c12. The fourth-order valence-electron chi connectivity index (χ4n) is 3.07. The number of carbonyl (C=O) groups excluding carboxylic acids is 2. The maximum Gasteiger partial charge on any atom is 0.349 e. The van der Waals surface area contributed by atoms with Gasteiger partial charge in [0.15, 0.2) is 6.10 Å². The molecule has 1 amide bonds. The second kappa shape index (κ2) is 7.17. The summed E-state index contributed by atoms with van der Waals surface area (Å²) in [5.41, 5.74) is 1.74. The van der Waals surface area contributed by atoms with Crippen molar-refractivity contribution >= 4 is 50.0 Å². The Morgan fingerprint density at radius 1 is 1.17 bits per heavy atom. The van der Waals surface area contributed by atoms with E-state index in [4.69, 9.17) is 4.74 Å². The second-order valence-corrected chi connectivity index (χ2v) is 7.60.